The van der Waals surface area contributed by atoms with Crippen molar-refractivity contribution in [1.29, 1.82) is 0 Å². The molecule has 1 aromatic carbocycles. The number of carbonyl (C=O) groups is 1. The van der Waals surface area contributed by atoms with E-state index in [0.717, 1.165) is 12.8 Å². The molecule has 0 spiro atoms. The maximum Gasteiger partial charge on any atom is 0.223 e. The quantitative estimate of drug-likeness (QED) is 0.464. The van der Waals surface area contributed by atoms with Gasteiger partial charge in [0.2, 0.25) is 11.7 Å². The zero-order chi connectivity index (χ0) is 23.4. The summed E-state index contributed by atoms with van der Waals surface area (Å²) in [4.78, 5) is 14.1. The van der Waals surface area contributed by atoms with E-state index in [2.05, 4.69) is 10.2 Å². The smallest absolute Gasteiger partial charge is 0.223 e. The van der Waals surface area contributed by atoms with Crippen molar-refractivity contribution >= 4 is 15.7 Å². The topological polar surface area (TPSA) is 117 Å². The van der Waals surface area contributed by atoms with Crippen LogP contribution in [0, 0.1) is 0 Å². The van der Waals surface area contributed by atoms with Crippen molar-refractivity contribution in [3.8, 4) is 28.8 Å². The molecule has 1 fully saturated rings. The lowest BCUT2D eigenvalue weighted by Crippen LogP contribution is -2.29. The van der Waals surface area contributed by atoms with Gasteiger partial charge in [0.1, 0.15) is 22.9 Å². The maximum absolute atomic E-state index is 13.0. The summed E-state index contributed by atoms with van der Waals surface area (Å²) in [6, 6.07) is 8.63. The van der Waals surface area contributed by atoms with Crippen molar-refractivity contribution < 1.29 is 27.1 Å². The Balaban J connectivity index is 1.69. The number of benzene rings is 1. The molecular formula is C22H26N4O6S. The molecule has 0 bridgehead atoms. The van der Waals surface area contributed by atoms with Gasteiger partial charge in [0.25, 0.3) is 0 Å². The van der Waals surface area contributed by atoms with Crippen molar-refractivity contribution in [2.24, 2.45) is 0 Å². The third kappa shape index (κ3) is 4.87. The molecule has 2 aromatic heterocycles. The fourth-order valence-electron chi connectivity index (χ4n) is 3.90. The molecule has 3 heterocycles. The van der Waals surface area contributed by atoms with Crippen LogP contribution in [0.5, 0.6) is 11.5 Å². The third-order valence-electron chi connectivity index (χ3n) is 5.53. The van der Waals surface area contributed by atoms with Crippen molar-refractivity contribution in [3.63, 3.8) is 0 Å². The SMILES string of the molecule is COc1cccc(OC)c1-n1c(CS(=O)(=O)CCC(=O)N2CCCC2)nnc1-c1ccco1. The van der Waals surface area contributed by atoms with Crippen LogP contribution in [0.25, 0.3) is 17.3 Å². The van der Waals surface area contributed by atoms with Crippen molar-refractivity contribution in [1.82, 2.24) is 19.7 Å². The summed E-state index contributed by atoms with van der Waals surface area (Å²) >= 11 is 0. The van der Waals surface area contributed by atoms with E-state index in [-0.39, 0.29) is 23.9 Å². The molecule has 0 atom stereocenters. The van der Waals surface area contributed by atoms with E-state index in [1.807, 2.05) is 0 Å². The van der Waals surface area contributed by atoms with Gasteiger partial charge in [-0.25, -0.2) is 8.42 Å². The molecule has 10 nitrogen and oxygen atoms in total. The molecule has 0 aliphatic carbocycles. The molecule has 0 radical (unpaired) electrons. The van der Waals surface area contributed by atoms with E-state index in [1.165, 1.54) is 20.5 Å². The summed E-state index contributed by atoms with van der Waals surface area (Å²) < 4.78 is 44.0. The van der Waals surface area contributed by atoms with Crippen LogP contribution in [0.4, 0.5) is 0 Å². The number of furan rings is 1. The number of aromatic nitrogens is 3. The molecule has 0 unspecified atom stereocenters. The summed E-state index contributed by atoms with van der Waals surface area (Å²) in [7, 11) is -0.648. The Morgan fingerprint density at radius 2 is 1.76 bits per heavy atom. The average molecular weight is 475 g/mol. The van der Waals surface area contributed by atoms with E-state index in [1.54, 1.807) is 39.8 Å². The molecule has 33 heavy (non-hydrogen) atoms. The number of nitrogens with zero attached hydrogens (tertiary/aromatic N) is 4. The van der Waals surface area contributed by atoms with Gasteiger partial charge in [-0.15, -0.1) is 10.2 Å². The first-order valence-electron chi connectivity index (χ1n) is 10.6. The lowest BCUT2D eigenvalue weighted by atomic mass is 10.2. The Morgan fingerprint density at radius 3 is 2.36 bits per heavy atom. The second-order valence-electron chi connectivity index (χ2n) is 7.69. The largest absolute Gasteiger partial charge is 0.494 e. The van der Waals surface area contributed by atoms with Crippen LogP contribution in [-0.2, 0) is 20.4 Å². The molecule has 1 aliphatic heterocycles. The molecule has 0 N–H and O–H groups in total. The number of amides is 1. The Kier molecular flexibility index (Phi) is 6.68. The zero-order valence-electron chi connectivity index (χ0n) is 18.6. The van der Waals surface area contributed by atoms with Gasteiger partial charge in [-0.1, -0.05) is 6.07 Å². The van der Waals surface area contributed by atoms with Crippen LogP contribution in [0.3, 0.4) is 0 Å². The minimum absolute atomic E-state index is 0.0561. The molecule has 4 rings (SSSR count). The van der Waals surface area contributed by atoms with Gasteiger partial charge in [-0.2, -0.15) is 0 Å². The van der Waals surface area contributed by atoms with Gasteiger partial charge in [-0.05, 0) is 37.1 Å². The lowest BCUT2D eigenvalue weighted by molar-refractivity contribution is -0.129. The number of hydrogen-bond donors (Lipinski definition) is 0. The van der Waals surface area contributed by atoms with Gasteiger partial charge in [-0.3, -0.25) is 9.36 Å². The fourth-order valence-corrected chi connectivity index (χ4v) is 5.11. The van der Waals surface area contributed by atoms with E-state index >= 15 is 0 Å². The number of para-hydroxylation sites is 1. The molecule has 11 heteroatoms. The molecule has 176 valence electrons. The fraction of sp³-hybridized carbons (Fsp3) is 0.409. The molecule has 0 saturated carbocycles. The normalized spacial score (nSPS) is 13.9. The van der Waals surface area contributed by atoms with Gasteiger partial charge in [0.15, 0.2) is 21.4 Å². The van der Waals surface area contributed by atoms with E-state index in [0.29, 0.717) is 41.9 Å². The van der Waals surface area contributed by atoms with E-state index in [9.17, 15) is 13.2 Å². The Morgan fingerprint density at radius 1 is 1.06 bits per heavy atom. The first-order chi connectivity index (χ1) is 15.9. The van der Waals surface area contributed by atoms with Crippen LogP contribution < -0.4 is 9.47 Å². The molecule has 1 saturated heterocycles. The van der Waals surface area contributed by atoms with Crippen molar-refractivity contribution in [2.45, 2.75) is 25.0 Å². The number of methoxy groups -OCH3 is 2. The minimum Gasteiger partial charge on any atom is -0.494 e. The minimum atomic E-state index is -3.67. The lowest BCUT2D eigenvalue weighted by Gasteiger charge is -2.17. The summed E-state index contributed by atoms with van der Waals surface area (Å²) in [6.07, 6.45) is 3.35. The molecular weight excluding hydrogens is 448 g/mol. The molecule has 1 amide bonds. The second-order valence-corrected chi connectivity index (χ2v) is 9.88. The van der Waals surface area contributed by atoms with Gasteiger partial charge >= 0.3 is 0 Å². The van der Waals surface area contributed by atoms with E-state index < -0.39 is 15.6 Å². The Hall–Kier alpha value is -3.34. The molecule has 3 aromatic rings. The summed E-state index contributed by atoms with van der Waals surface area (Å²) in [5.41, 5.74) is 0.456. The van der Waals surface area contributed by atoms with Gasteiger partial charge in [0, 0.05) is 19.5 Å². The van der Waals surface area contributed by atoms with E-state index in [4.69, 9.17) is 13.9 Å². The van der Waals surface area contributed by atoms with Crippen LogP contribution >= 0.6 is 0 Å². The zero-order valence-corrected chi connectivity index (χ0v) is 19.4. The number of likely N-dealkylation sites (tertiary alicyclic amines) is 1. The van der Waals surface area contributed by atoms with Crippen molar-refractivity contribution in [2.75, 3.05) is 33.1 Å². The summed E-state index contributed by atoms with van der Waals surface area (Å²) in [5.74, 6) is 0.959. The predicted molar refractivity (Wildman–Crippen MR) is 120 cm³/mol. The first kappa shape index (κ1) is 22.8. The maximum atomic E-state index is 13.0. The first-order valence-corrected chi connectivity index (χ1v) is 12.4. The highest BCUT2D eigenvalue weighted by molar-refractivity contribution is 7.90. The predicted octanol–water partition coefficient (Wildman–Crippen LogP) is 2.47. The van der Waals surface area contributed by atoms with Crippen LogP contribution in [0.15, 0.2) is 41.0 Å². The Bertz CT molecular complexity index is 1190. The number of sulfone groups is 1. The highest BCUT2D eigenvalue weighted by Gasteiger charge is 2.27. The molecule has 1 aliphatic rings. The van der Waals surface area contributed by atoms with Crippen LogP contribution in [0.1, 0.15) is 25.1 Å². The number of hydrogen-bond acceptors (Lipinski definition) is 8. The Labute approximate surface area is 192 Å². The number of ether oxygens (including phenoxy) is 2. The standard InChI is InChI=1S/C22H26N4O6S/c1-30-16-7-5-8-17(31-2)21(16)26-19(23-24-22(26)18-9-6-13-32-18)15-33(28,29)14-10-20(27)25-11-3-4-12-25/h5-9,13H,3-4,10-12,14-15H2,1-2H3. The third-order valence-corrected chi connectivity index (χ3v) is 7.06. The number of carbonyl (C=O) groups excluding carboxylic acids is 1. The van der Waals surface area contributed by atoms with Crippen LogP contribution in [-0.4, -0.2) is 67.1 Å². The monoisotopic (exact) mass is 474 g/mol. The summed E-state index contributed by atoms with van der Waals surface area (Å²) in [5, 5.41) is 8.35. The highest BCUT2D eigenvalue weighted by atomic mass is 32.2. The highest BCUT2D eigenvalue weighted by Crippen LogP contribution is 2.36. The van der Waals surface area contributed by atoms with Crippen molar-refractivity contribution in [3.05, 3.63) is 42.4 Å². The average Bonchev–Trinajstić information content (AvgIpc) is 3.58. The summed E-state index contributed by atoms with van der Waals surface area (Å²) in [6.45, 7) is 1.38. The van der Waals surface area contributed by atoms with Crippen LogP contribution in [0.2, 0.25) is 0 Å². The number of rotatable bonds is 9. The van der Waals surface area contributed by atoms with Gasteiger partial charge in [0.05, 0.1) is 26.2 Å². The second kappa shape index (κ2) is 9.65. The van der Waals surface area contributed by atoms with Gasteiger partial charge < -0.3 is 18.8 Å².